The Kier molecular flexibility index (Phi) is 4.97. The molecule has 2 aromatic heterocycles. The van der Waals surface area contributed by atoms with Crippen LogP contribution in [0.25, 0.3) is 17.5 Å². The average Bonchev–Trinajstić information content (AvgIpc) is 3.22. The summed E-state index contributed by atoms with van der Waals surface area (Å²) < 4.78 is 7.65. The number of benzene rings is 1. The molecule has 0 atom stereocenters. The maximum atomic E-state index is 9.41. The van der Waals surface area contributed by atoms with E-state index in [0.717, 1.165) is 39.9 Å². The molecule has 1 fully saturated rings. The molecule has 0 spiro atoms. The Hall–Kier alpha value is -3.99. The van der Waals surface area contributed by atoms with Crippen LogP contribution in [0.5, 0.6) is 5.75 Å². The van der Waals surface area contributed by atoms with Crippen LogP contribution in [0.15, 0.2) is 42.9 Å². The smallest absolute Gasteiger partial charge is 0.144 e. The third-order valence-corrected chi connectivity index (χ3v) is 6.22. The van der Waals surface area contributed by atoms with Crippen molar-refractivity contribution in [2.24, 2.45) is 12.5 Å². The van der Waals surface area contributed by atoms with Gasteiger partial charge in [0, 0.05) is 55.6 Å². The van der Waals surface area contributed by atoms with Gasteiger partial charge in [-0.05, 0) is 49.8 Å². The first kappa shape index (κ1) is 20.9. The Labute approximate surface area is 193 Å². The molecule has 5 rings (SSSR count). The highest BCUT2D eigenvalue weighted by Crippen LogP contribution is 2.38. The van der Waals surface area contributed by atoms with Gasteiger partial charge in [0.1, 0.15) is 17.4 Å². The first-order chi connectivity index (χ1) is 15.9. The number of hydrazine groups is 1. The number of nitriles is 1. The second kappa shape index (κ2) is 7.85. The van der Waals surface area contributed by atoms with E-state index in [9.17, 15) is 5.26 Å². The number of methoxy groups -OCH3 is 1. The summed E-state index contributed by atoms with van der Waals surface area (Å²) in [5.41, 5.74) is 8.32. The summed E-state index contributed by atoms with van der Waals surface area (Å²) >= 11 is 0. The molecule has 33 heavy (non-hydrogen) atoms. The van der Waals surface area contributed by atoms with Crippen LogP contribution in [0.3, 0.4) is 0 Å². The molecule has 8 nitrogen and oxygen atoms in total. The number of ether oxygens (including phenoxy) is 1. The van der Waals surface area contributed by atoms with Gasteiger partial charge in [-0.2, -0.15) is 5.26 Å². The van der Waals surface area contributed by atoms with E-state index in [-0.39, 0.29) is 5.41 Å². The van der Waals surface area contributed by atoms with Crippen molar-refractivity contribution in [1.82, 2.24) is 19.5 Å². The molecule has 1 N–H and O–H groups in total. The zero-order chi connectivity index (χ0) is 23.2. The minimum atomic E-state index is -0.303. The van der Waals surface area contributed by atoms with Crippen LogP contribution in [0.1, 0.15) is 23.7 Å². The number of nitrogens with one attached hydrogen (secondary N) is 1. The summed E-state index contributed by atoms with van der Waals surface area (Å²) in [6, 6.07) is 10.6. The van der Waals surface area contributed by atoms with E-state index in [1.165, 1.54) is 5.56 Å². The number of nitrogens with zero attached hydrogens (tertiary/aromatic N) is 6. The predicted molar refractivity (Wildman–Crippen MR) is 128 cm³/mol. The molecule has 0 radical (unpaired) electrons. The SMILES string of the molecule is COc1cc(-c2nccn2C)ccc1NN1C=Cc2cc(C)nc(N3CC(C)(C#N)C3)c2C1. The molecule has 2 aliphatic heterocycles. The van der Waals surface area contributed by atoms with Gasteiger partial charge < -0.3 is 14.2 Å². The van der Waals surface area contributed by atoms with Gasteiger partial charge in [-0.1, -0.05) is 0 Å². The fourth-order valence-corrected chi connectivity index (χ4v) is 4.49. The fraction of sp³-hybridized carbons (Fsp3) is 0.320. The second-order valence-electron chi connectivity index (χ2n) is 9.02. The number of fused-ring (bicyclic) bond motifs is 1. The van der Waals surface area contributed by atoms with Crippen molar-refractivity contribution in [2.75, 3.05) is 30.5 Å². The molecule has 0 saturated carbocycles. The van der Waals surface area contributed by atoms with E-state index >= 15 is 0 Å². The van der Waals surface area contributed by atoms with E-state index in [2.05, 4.69) is 33.5 Å². The average molecular weight is 442 g/mol. The van der Waals surface area contributed by atoms with Gasteiger partial charge in [-0.3, -0.25) is 10.4 Å². The summed E-state index contributed by atoms with van der Waals surface area (Å²) in [6.07, 6.45) is 7.85. The van der Waals surface area contributed by atoms with Gasteiger partial charge in [0.2, 0.25) is 0 Å². The maximum Gasteiger partial charge on any atom is 0.144 e. The molecule has 1 aromatic carbocycles. The van der Waals surface area contributed by atoms with Gasteiger partial charge in [-0.25, -0.2) is 9.97 Å². The Morgan fingerprint density at radius 3 is 2.76 bits per heavy atom. The Bertz CT molecular complexity index is 1280. The molecule has 8 heteroatoms. The molecule has 3 aromatic rings. The Balaban J connectivity index is 1.39. The zero-order valence-corrected chi connectivity index (χ0v) is 19.3. The largest absolute Gasteiger partial charge is 0.494 e. The number of hydrogen-bond donors (Lipinski definition) is 1. The van der Waals surface area contributed by atoms with Crippen molar-refractivity contribution in [2.45, 2.75) is 20.4 Å². The number of hydrogen-bond acceptors (Lipinski definition) is 7. The molecule has 0 bridgehead atoms. The molecule has 0 unspecified atom stereocenters. The minimum absolute atomic E-state index is 0.303. The molecular formula is C25H27N7O. The number of rotatable bonds is 5. The number of imidazole rings is 1. The lowest BCUT2D eigenvalue weighted by atomic mass is 9.83. The number of anilines is 2. The van der Waals surface area contributed by atoms with Crippen LogP contribution >= 0.6 is 0 Å². The number of aryl methyl sites for hydroxylation is 2. The molecule has 4 heterocycles. The van der Waals surface area contributed by atoms with E-state index < -0.39 is 0 Å². The molecule has 1 saturated heterocycles. The number of aromatic nitrogens is 3. The molecular weight excluding hydrogens is 414 g/mol. The monoisotopic (exact) mass is 441 g/mol. The summed E-state index contributed by atoms with van der Waals surface area (Å²) in [5, 5.41) is 11.4. The van der Waals surface area contributed by atoms with Gasteiger partial charge in [0.15, 0.2) is 0 Å². The highest BCUT2D eigenvalue weighted by Gasteiger charge is 2.41. The van der Waals surface area contributed by atoms with Crippen LogP contribution in [0.4, 0.5) is 11.5 Å². The summed E-state index contributed by atoms with van der Waals surface area (Å²) in [5.74, 6) is 2.59. The van der Waals surface area contributed by atoms with E-state index in [1.807, 2.05) is 61.1 Å². The minimum Gasteiger partial charge on any atom is -0.494 e. The van der Waals surface area contributed by atoms with Gasteiger partial charge in [0.25, 0.3) is 0 Å². The quantitative estimate of drug-likeness (QED) is 0.642. The lowest BCUT2D eigenvalue weighted by Gasteiger charge is -2.45. The molecule has 0 amide bonds. The highest BCUT2D eigenvalue weighted by atomic mass is 16.5. The third-order valence-electron chi connectivity index (χ3n) is 6.22. The highest BCUT2D eigenvalue weighted by molar-refractivity contribution is 5.69. The zero-order valence-electron chi connectivity index (χ0n) is 19.3. The van der Waals surface area contributed by atoms with Crippen LogP contribution in [-0.4, -0.2) is 39.7 Å². The van der Waals surface area contributed by atoms with Crippen LogP contribution in [0.2, 0.25) is 0 Å². The normalized spacial score (nSPS) is 16.1. The van der Waals surface area contributed by atoms with Gasteiger partial charge >= 0.3 is 0 Å². The van der Waals surface area contributed by atoms with E-state index in [4.69, 9.17) is 9.72 Å². The molecule has 168 valence electrons. The molecule has 0 aliphatic carbocycles. The topological polar surface area (TPSA) is 82.2 Å². The molecule has 2 aliphatic rings. The van der Waals surface area contributed by atoms with E-state index in [1.54, 1.807) is 13.3 Å². The second-order valence-corrected chi connectivity index (χ2v) is 9.02. The van der Waals surface area contributed by atoms with Gasteiger partial charge in [0.05, 0.1) is 30.8 Å². The Morgan fingerprint density at radius 1 is 1.24 bits per heavy atom. The first-order valence-corrected chi connectivity index (χ1v) is 10.9. The van der Waals surface area contributed by atoms with Gasteiger partial charge in [-0.15, -0.1) is 0 Å². The van der Waals surface area contributed by atoms with Crippen molar-refractivity contribution >= 4 is 17.6 Å². The maximum absolute atomic E-state index is 9.41. The van der Waals surface area contributed by atoms with Crippen molar-refractivity contribution < 1.29 is 4.74 Å². The van der Waals surface area contributed by atoms with Crippen LogP contribution in [-0.2, 0) is 13.6 Å². The van der Waals surface area contributed by atoms with Crippen molar-refractivity contribution in [3.8, 4) is 23.2 Å². The first-order valence-electron chi connectivity index (χ1n) is 10.9. The van der Waals surface area contributed by atoms with Crippen LogP contribution < -0.4 is 15.1 Å². The number of pyridine rings is 1. The van der Waals surface area contributed by atoms with Crippen molar-refractivity contribution in [3.05, 3.63) is 59.7 Å². The standard InChI is InChI=1S/C25H27N7O/c1-17-11-18-7-9-32(13-20(18)24(28-17)31-15-25(2,14-26)16-31)29-21-6-5-19(12-22(21)33-4)23-27-8-10-30(23)3/h5-12,29H,13,15-16H2,1-4H3. The fourth-order valence-electron chi connectivity index (χ4n) is 4.49. The predicted octanol–water partition coefficient (Wildman–Crippen LogP) is 3.96. The van der Waals surface area contributed by atoms with E-state index in [0.29, 0.717) is 19.6 Å². The summed E-state index contributed by atoms with van der Waals surface area (Å²) in [4.78, 5) is 11.5. The lowest BCUT2D eigenvalue weighted by Crippen LogP contribution is -2.55. The van der Waals surface area contributed by atoms with Crippen molar-refractivity contribution in [1.29, 1.82) is 5.26 Å². The summed E-state index contributed by atoms with van der Waals surface area (Å²) in [6.45, 7) is 6.07. The lowest BCUT2D eigenvalue weighted by molar-refractivity contribution is 0.331. The Morgan fingerprint density at radius 2 is 2.06 bits per heavy atom. The van der Waals surface area contributed by atoms with Crippen LogP contribution in [0, 0.1) is 23.7 Å². The summed E-state index contributed by atoms with van der Waals surface area (Å²) in [7, 11) is 3.65. The van der Waals surface area contributed by atoms with Crippen molar-refractivity contribution in [3.63, 3.8) is 0 Å². The third kappa shape index (κ3) is 3.76.